The predicted molar refractivity (Wildman–Crippen MR) is 60.9 cm³/mol. The lowest BCUT2D eigenvalue weighted by Crippen LogP contribution is -2.31. The number of rotatable bonds is 4. The van der Waals surface area contributed by atoms with Gasteiger partial charge in [-0.3, -0.25) is 0 Å². The third kappa shape index (κ3) is 5.53. The van der Waals surface area contributed by atoms with Gasteiger partial charge in [-0.25, -0.2) is 9.18 Å². The summed E-state index contributed by atoms with van der Waals surface area (Å²) < 4.78 is 17.1. The average molecular weight is 249 g/mol. The van der Waals surface area contributed by atoms with Crippen LogP contribution in [0.2, 0.25) is 0 Å². The quantitative estimate of drug-likeness (QED) is 0.841. The number of carbonyl (C=O) groups excluding carboxylic acids is 1. The van der Waals surface area contributed by atoms with Gasteiger partial charge in [0.25, 0.3) is 0 Å². The van der Waals surface area contributed by atoms with Crippen LogP contribution >= 0.6 is 12.4 Å². The van der Waals surface area contributed by atoms with E-state index < -0.39 is 6.09 Å². The summed E-state index contributed by atoms with van der Waals surface area (Å²) >= 11 is 0. The van der Waals surface area contributed by atoms with Crippen LogP contribution in [-0.4, -0.2) is 18.7 Å². The van der Waals surface area contributed by atoms with Crippen LogP contribution in [-0.2, 0) is 11.2 Å². The number of halogens is 2. The van der Waals surface area contributed by atoms with E-state index in [9.17, 15) is 9.18 Å². The molecular formula is C10H14ClFN2O2. The summed E-state index contributed by atoms with van der Waals surface area (Å²) in [6.45, 7) is 0.0622. The molecule has 16 heavy (non-hydrogen) atoms. The van der Waals surface area contributed by atoms with Crippen molar-refractivity contribution in [2.45, 2.75) is 12.5 Å². The number of carbonyl (C=O) groups is 1. The smallest absolute Gasteiger partial charge is 0.404 e. The molecule has 6 heteroatoms. The molecular weight excluding hydrogens is 235 g/mol. The fourth-order valence-corrected chi connectivity index (χ4v) is 1.17. The first-order valence-corrected chi connectivity index (χ1v) is 4.50. The van der Waals surface area contributed by atoms with Gasteiger partial charge in [-0.05, 0) is 24.1 Å². The van der Waals surface area contributed by atoms with Gasteiger partial charge in [0.15, 0.2) is 0 Å². The Balaban J connectivity index is 0.00000225. The zero-order valence-electron chi connectivity index (χ0n) is 8.56. The summed E-state index contributed by atoms with van der Waals surface area (Å²) in [7, 11) is 0. The summed E-state index contributed by atoms with van der Waals surface area (Å²) in [5, 5.41) is 0. The Morgan fingerprint density at radius 3 is 2.44 bits per heavy atom. The van der Waals surface area contributed by atoms with Gasteiger partial charge in [-0.15, -0.1) is 12.4 Å². The van der Waals surface area contributed by atoms with Crippen molar-refractivity contribution in [3.63, 3.8) is 0 Å². The van der Waals surface area contributed by atoms with Crippen molar-refractivity contribution in [1.82, 2.24) is 0 Å². The van der Waals surface area contributed by atoms with E-state index in [2.05, 4.69) is 4.74 Å². The van der Waals surface area contributed by atoms with Crippen LogP contribution in [0.3, 0.4) is 0 Å². The number of nitrogens with two attached hydrogens (primary N) is 2. The first-order valence-electron chi connectivity index (χ1n) is 4.50. The second kappa shape index (κ2) is 7.03. The van der Waals surface area contributed by atoms with Crippen molar-refractivity contribution in [1.29, 1.82) is 0 Å². The van der Waals surface area contributed by atoms with Gasteiger partial charge in [0.2, 0.25) is 0 Å². The maximum atomic E-state index is 12.6. The molecule has 0 bridgehead atoms. The van der Waals surface area contributed by atoms with Crippen molar-refractivity contribution in [2.75, 3.05) is 6.61 Å². The topological polar surface area (TPSA) is 78.3 Å². The van der Waals surface area contributed by atoms with Crippen molar-refractivity contribution in [3.8, 4) is 0 Å². The Bertz CT molecular complexity index is 332. The molecule has 1 amide bonds. The summed E-state index contributed by atoms with van der Waals surface area (Å²) in [4.78, 5) is 10.3. The molecule has 4 N–H and O–H groups in total. The molecule has 0 saturated heterocycles. The van der Waals surface area contributed by atoms with Crippen molar-refractivity contribution >= 4 is 18.5 Å². The van der Waals surface area contributed by atoms with Gasteiger partial charge < -0.3 is 16.2 Å². The number of ether oxygens (including phenoxy) is 1. The zero-order valence-corrected chi connectivity index (χ0v) is 9.37. The lowest BCUT2D eigenvalue weighted by molar-refractivity contribution is 0.149. The van der Waals surface area contributed by atoms with E-state index >= 15 is 0 Å². The van der Waals surface area contributed by atoms with Gasteiger partial charge in [-0.1, -0.05) is 12.1 Å². The molecule has 4 nitrogen and oxygen atoms in total. The molecule has 0 radical (unpaired) electrons. The Hall–Kier alpha value is -1.33. The van der Waals surface area contributed by atoms with Crippen LogP contribution in [0.1, 0.15) is 5.56 Å². The van der Waals surface area contributed by atoms with Crippen LogP contribution in [0.15, 0.2) is 24.3 Å². The van der Waals surface area contributed by atoms with Gasteiger partial charge >= 0.3 is 6.09 Å². The van der Waals surface area contributed by atoms with Gasteiger partial charge in [0.1, 0.15) is 12.4 Å². The van der Waals surface area contributed by atoms with E-state index in [1.165, 1.54) is 12.1 Å². The molecule has 0 aliphatic carbocycles. The second-order valence-corrected chi connectivity index (χ2v) is 3.22. The number of benzene rings is 1. The highest BCUT2D eigenvalue weighted by atomic mass is 35.5. The van der Waals surface area contributed by atoms with Crippen molar-refractivity contribution in [2.24, 2.45) is 11.5 Å². The second-order valence-electron chi connectivity index (χ2n) is 3.22. The third-order valence-electron chi connectivity index (χ3n) is 1.85. The molecule has 0 aromatic heterocycles. The van der Waals surface area contributed by atoms with Crippen LogP contribution in [0.4, 0.5) is 9.18 Å². The molecule has 0 saturated carbocycles. The molecule has 0 heterocycles. The van der Waals surface area contributed by atoms with E-state index in [1.807, 2.05) is 0 Å². The van der Waals surface area contributed by atoms with Gasteiger partial charge in [-0.2, -0.15) is 0 Å². The SMILES string of the molecule is Cl.NC(=O)OC[C@@H](N)Cc1ccc(F)cc1. The molecule has 1 aromatic carbocycles. The monoisotopic (exact) mass is 248 g/mol. The maximum absolute atomic E-state index is 12.6. The molecule has 1 atom stereocenters. The first kappa shape index (κ1) is 14.7. The van der Waals surface area contributed by atoms with Gasteiger partial charge in [0.05, 0.1) is 0 Å². The minimum atomic E-state index is -0.843. The first-order chi connectivity index (χ1) is 7.08. The molecule has 1 rings (SSSR count). The van der Waals surface area contributed by atoms with E-state index in [4.69, 9.17) is 11.5 Å². The van der Waals surface area contributed by atoms with Crippen LogP contribution in [0.5, 0.6) is 0 Å². The highest BCUT2D eigenvalue weighted by molar-refractivity contribution is 5.85. The molecule has 0 spiro atoms. The highest BCUT2D eigenvalue weighted by Crippen LogP contribution is 2.05. The van der Waals surface area contributed by atoms with E-state index in [-0.39, 0.29) is 30.9 Å². The Labute approximate surface area is 99.2 Å². The number of amides is 1. The van der Waals surface area contributed by atoms with Crippen molar-refractivity contribution < 1.29 is 13.9 Å². The van der Waals surface area contributed by atoms with E-state index in [0.717, 1.165) is 5.56 Å². The Morgan fingerprint density at radius 2 is 1.94 bits per heavy atom. The molecule has 0 aliphatic heterocycles. The normalized spacial score (nSPS) is 11.4. The molecule has 90 valence electrons. The fourth-order valence-electron chi connectivity index (χ4n) is 1.17. The van der Waals surface area contributed by atoms with Crippen LogP contribution in [0.25, 0.3) is 0 Å². The fraction of sp³-hybridized carbons (Fsp3) is 0.300. The maximum Gasteiger partial charge on any atom is 0.404 e. The van der Waals surface area contributed by atoms with Gasteiger partial charge in [0, 0.05) is 6.04 Å². The standard InChI is InChI=1S/C10H13FN2O2.ClH/c11-8-3-1-7(2-4-8)5-9(12)6-15-10(13)14;/h1-4,9H,5-6,12H2,(H2,13,14);1H/t9-;/m0./s1. The summed E-state index contributed by atoms with van der Waals surface area (Å²) in [6, 6.07) is 5.66. The summed E-state index contributed by atoms with van der Waals surface area (Å²) in [5.41, 5.74) is 11.3. The van der Waals surface area contributed by atoms with E-state index in [1.54, 1.807) is 12.1 Å². The van der Waals surface area contributed by atoms with E-state index in [0.29, 0.717) is 6.42 Å². The Kier molecular flexibility index (Phi) is 6.44. The summed E-state index contributed by atoms with van der Waals surface area (Å²) in [5.74, 6) is -0.291. The Morgan fingerprint density at radius 1 is 1.38 bits per heavy atom. The average Bonchev–Trinajstić information content (AvgIpc) is 2.19. The minimum Gasteiger partial charge on any atom is -0.448 e. The largest absolute Gasteiger partial charge is 0.448 e. The number of hydrogen-bond acceptors (Lipinski definition) is 3. The third-order valence-corrected chi connectivity index (χ3v) is 1.85. The van der Waals surface area contributed by atoms with Crippen LogP contribution in [0, 0.1) is 5.82 Å². The molecule has 0 unspecified atom stereocenters. The summed E-state index contributed by atoms with van der Waals surface area (Å²) in [6.07, 6.45) is -0.336. The lowest BCUT2D eigenvalue weighted by Gasteiger charge is -2.10. The molecule has 1 aromatic rings. The number of hydrogen-bond donors (Lipinski definition) is 2. The number of primary amides is 1. The lowest BCUT2D eigenvalue weighted by atomic mass is 10.1. The molecule has 0 fully saturated rings. The van der Waals surface area contributed by atoms with Crippen LogP contribution < -0.4 is 11.5 Å². The molecule has 0 aliphatic rings. The minimum absolute atomic E-state index is 0. The van der Waals surface area contributed by atoms with Crippen molar-refractivity contribution in [3.05, 3.63) is 35.6 Å². The zero-order chi connectivity index (χ0) is 11.3. The highest BCUT2D eigenvalue weighted by Gasteiger charge is 2.06. The predicted octanol–water partition coefficient (Wildman–Crippen LogP) is 1.21.